The molecule has 3 rings (SSSR count). The Hall–Kier alpha value is -2.26. The number of carbonyl (C=O) groups excluding carboxylic acids is 2. The summed E-state index contributed by atoms with van der Waals surface area (Å²) in [4.78, 5) is 25.2. The van der Waals surface area contributed by atoms with Crippen molar-refractivity contribution in [2.75, 3.05) is 6.61 Å². The maximum absolute atomic E-state index is 12.8. The minimum atomic E-state index is -0.857. The molecule has 1 unspecified atom stereocenters. The van der Waals surface area contributed by atoms with Crippen LogP contribution in [0.4, 0.5) is 4.79 Å². The SMILES string of the molecule is Cc1cc(B2OC(C)(C)C(C)(C)O2)ccc1OCCC(NC(=O)OC(C)(C)C)C(=O)OC1CCCC1. The van der Waals surface area contributed by atoms with Crippen molar-refractivity contribution in [1.82, 2.24) is 5.32 Å². The number of rotatable bonds is 8. The maximum Gasteiger partial charge on any atom is 0.494 e. The van der Waals surface area contributed by atoms with E-state index in [9.17, 15) is 9.59 Å². The molecule has 1 aromatic carbocycles. The Labute approximate surface area is 215 Å². The van der Waals surface area contributed by atoms with Crippen LogP contribution in [0.1, 0.15) is 86.1 Å². The number of amides is 1. The van der Waals surface area contributed by atoms with E-state index >= 15 is 0 Å². The van der Waals surface area contributed by atoms with E-state index in [-0.39, 0.29) is 19.1 Å². The average molecular weight is 503 g/mol. The Balaban J connectivity index is 1.60. The van der Waals surface area contributed by atoms with Gasteiger partial charge in [0.25, 0.3) is 0 Å². The first-order valence-corrected chi connectivity index (χ1v) is 13.0. The Morgan fingerprint density at radius 1 is 1.11 bits per heavy atom. The zero-order chi connectivity index (χ0) is 26.7. The van der Waals surface area contributed by atoms with Crippen molar-refractivity contribution < 1.29 is 33.1 Å². The molecule has 1 aliphatic carbocycles. The largest absolute Gasteiger partial charge is 0.494 e. The zero-order valence-corrected chi connectivity index (χ0v) is 23.1. The number of nitrogens with one attached hydrogen (secondary N) is 1. The van der Waals surface area contributed by atoms with Gasteiger partial charge in [-0.25, -0.2) is 9.59 Å². The molecule has 1 amide bonds. The normalized spacial score (nSPS) is 20.2. The van der Waals surface area contributed by atoms with Gasteiger partial charge in [0, 0.05) is 6.42 Å². The summed E-state index contributed by atoms with van der Waals surface area (Å²) in [5, 5.41) is 2.66. The number of hydrogen-bond acceptors (Lipinski definition) is 7. The summed E-state index contributed by atoms with van der Waals surface area (Å²) >= 11 is 0. The molecule has 2 fully saturated rings. The van der Waals surface area contributed by atoms with E-state index < -0.39 is 42.0 Å². The van der Waals surface area contributed by atoms with Crippen LogP contribution >= 0.6 is 0 Å². The van der Waals surface area contributed by atoms with Gasteiger partial charge in [-0.05, 0) is 98.2 Å². The van der Waals surface area contributed by atoms with Gasteiger partial charge in [0.15, 0.2) is 0 Å². The number of hydrogen-bond donors (Lipinski definition) is 1. The molecule has 0 bridgehead atoms. The molecule has 1 aliphatic heterocycles. The molecule has 0 aromatic heterocycles. The van der Waals surface area contributed by atoms with E-state index in [0.29, 0.717) is 5.75 Å². The summed E-state index contributed by atoms with van der Waals surface area (Å²) in [6, 6.07) is 4.94. The standard InChI is InChI=1S/C27H42BNO7/c1-18-17-19(28-35-26(5,6)27(7,8)36-28)13-14-22(18)32-16-15-21(29-24(31)34-25(2,3)4)23(30)33-20-11-9-10-12-20/h13-14,17,20-21H,9-12,15-16H2,1-8H3,(H,29,31). The van der Waals surface area contributed by atoms with Crippen LogP contribution in [0.3, 0.4) is 0 Å². The molecule has 0 spiro atoms. The van der Waals surface area contributed by atoms with Crippen LogP contribution in [0.5, 0.6) is 5.75 Å². The molecule has 1 aromatic rings. The van der Waals surface area contributed by atoms with Crippen molar-refractivity contribution in [3.63, 3.8) is 0 Å². The lowest BCUT2D eigenvalue weighted by atomic mass is 9.78. The second-order valence-electron chi connectivity index (χ2n) is 11.8. The van der Waals surface area contributed by atoms with Crippen LogP contribution in [0.25, 0.3) is 0 Å². The third kappa shape index (κ3) is 7.38. The van der Waals surface area contributed by atoms with E-state index in [2.05, 4.69) is 5.32 Å². The Morgan fingerprint density at radius 2 is 1.72 bits per heavy atom. The van der Waals surface area contributed by atoms with Crippen molar-refractivity contribution in [2.24, 2.45) is 0 Å². The quantitative estimate of drug-likeness (QED) is 0.414. The molecular weight excluding hydrogens is 461 g/mol. The third-order valence-electron chi connectivity index (χ3n) is 6.95. The molecule has 36 heavy (non-hydrogen) atoms. The van der Waals surface area contributed by atoms with Gasteiger partial charge in [0.2, 0.25) is 0 Å². The summed E-state index contributed by atoms with van der Waals surface area (Å²) in [5.74, 6) is 0.236. The van der Waals surface area contributed by atoms with E-state index in [0.717, 1.165) is 36.7 Å². The molecule has 9 heteroatoms. The van der Waals surface area contributed by atoms with E-state index in [4.69, 9.17) is 23.5 Å². The number of carbonyl (C=O) groups is 2. The summed E-state index contributed by atoms with van der Waals surface area (Å²) in [7, 11) is -0.449. The number of benzene rings is 1. The molecule has 200 valence electrons. The first-order valence-electron chi connectivity index (χ1n) is 13.0. The number of alkyl carbamates (subject to hydrolysis) is 1. The third-order valence-corrected chi connectivity index (χ3v) is 6.95. The summed E-state index contributed by atoms with van der Waals surface area (Å²) in [6.07, 6.45) is 3.32. The number of esters is 1. The van der Waals surface area contributed by atoms with Gasteiger partial charge in [-0.15, -0.1) is 0 Å². The highest BCUT2D eigenvalue weighted by Crippen LogP contribution is 2.36. The van der Waals surface area contributed by atoms with Crippen molar-refractivity contribution in [1.29, 1.82) is 0 Å². The van der Waals surface area contributed by atoms with Crippen molar-refractivity contribution in [2.45, 2.75) is 116 Å². The summed E-state index contributed by atoms with van der Waals surface area (Å²) < 4.78 is 29.3. The highest BCUT2D eigenvalue weighted by Gasteiger charge is 2.51. The predicted octanol–water partition coefficient (Wildman–Crippen LogP) is 4.44. The van der Waals surface area contributed by atoms with E-state index in [1.807, 2.05) is 52.8 Å². The van der Waals surface area contributed by atoms with Gasteiger partial charge in [0.1, 0.15) is 23.5 Å². The van der Waals surface area contributed by atoms with Gasteiger partial charge in [-0.2, -0.15) is 0 Å². The second kappa shape index (κ2) is 11.0. The van der Waals surface area contributed by atoms with Gasteiger partial charge < -0.3 is 28.8 Å². The smallest absolute Gasteiger partial charge is 0.493 e. The summed E-state index contributed by atoms with van der Waals surface area (Å²) in [5.41, 5.74) is 0.348. The van der Waals surface area contributed by atoms with Gasteiger partial charge >= 0.3 is 19.2 Å². The Morgan fingerprint density at radius 3 is 2.28 bits per heavy atom. The van der Waals surface area contributed by atoms with Crippen LogP contribution in [0, 0.1) is 6.92 Å². The molecule has 8 nitrogen and oxygen atoms in total. The highest BCUT2D eigenvalue weighted by molar-refractivity contribution is 6.62. The second-order valence-corrected chi connectivity index (χ2v) is 11.8. The molecule has 1 N–H and O–H groups in total. The topological polar surface area (TPSA) is 92.3 Å². The van der Waals surface area contributed by atoms with Gasteiger partial charge in [-0.3, -0.25) is 0 Å². The average Bonchev–Trinajstić information content (AvgIpc) is 3.32. The molecule has 1 heterocycles. The maximum atomic E-state index is 12.8. The van der Waals surface area contributed by atoms with Crippen LogP contribution in [0.15, 0.2) is 18.2 Å². The molecule has 1 saturated carbocycles. The Kier molecular flexibility index (Phi) is 8.66. The minimum absolute atomic E-state index is 0.0916. The minimum Gasteiger partial charge on any atom is -0.493 e. The van der Waals surface area contributed by atoms with Crippen molar-refractivity contribution >= 4 is 24.6 Å². The molecule has 1 atom stereocenters. The molecule has 1 saturated heterocycles. The van der Waals surface area contributed by atoms with Crippen LogP contribution in [-0.4, -0.2) is 54.7 Å². The fourth-order valence-corrected chi connectivity index (χ4v) is 4.20. The van der Waals surface area contributed by atoms with Crippen LogP contribution in [-0.2, 0) is 23.6 Å². The fourth-order valence-electron chi connectivity index (χ4n) is 4.20. The van der Waals surface area contributed by atoms with Crippen molar-refractivity contribution in [3.8, 4) is 5.75 Å². The molecule has 0 radical (unpaired) electrons. The predicted molar refractivity (Wildman–Crippen MR) is 139 cm³/mol. The lowest BCUT2D eigenvalue weighted by Crippen LogP contribution is -2.45. The summed E-state index contributed by atoms with van der Waals surface area (Å²) in [6.45, 7) is 15.6. The number of ether oxygens (including phenoxy) is 3. The van der Waals surface area contributed by atoms with Crippen LogP contribution < -0.4 is 15.5 Å². The molecule has 2 aliphatic rings. The van der Waals surface area contributed by atoms with E-state index in [1.54, 1.807) is 20.8 Å². The van der Waals surface area contributed by atoms with E-state index in [1.165, 1.54) is 0 Å². The Bertz CT molecular complexity index is 919. The monoisotopic (exact) mass is 503 g/mol. The highest BCUT2D eigenvalue weighted by atomic mass is 16.7. The van der Waals surface area contributed by atoms with Crippen molar-refractivity contribution in [3.05, 3.63) is 23.8 Å². The zero-order valence-electron chi connectivity index (χ0n) is 23.1. The van der Waals surface area contributed by atoms with Gasteiger partial charge in [0.05, 0.1) is 17.8 Å². The fraction of sp³-hybridized carbons (Fsp3) is 0.704. The van der Waals surface area contributed by atoms with Gasteiger partial charge in [-0.1, -0.05) is 12.1 Å². The first kappa shape index (κ1) is 28.3. The van der Waals surface area contributed by atoms with Crippen LogP contribution in [0.2, 0.25) is 0 Å². The lowest BCUT2D eigenvalue weighted by molar-refractivity contribution is -0.151. The lowest BCUT2D eigenvalue weighted by Gasteiger charge is -2.32. The number of aryl methyl sites for hydroxylation is 1. The molecular formula is C27H42BNO7. The first-order chi connectivity index (χ1) is 16.7.